The molecule has 2 N–H and O–H groups in total. The van der Waals surface area contributed by atoms with Crippen molar-refractivity contribution in [1.82, 2.24) is 5.32 Å². The first kappa shape index (κ1) is 9.53. The van der Waals surface area contributed by atoms with Crippen molar-refractivity contribution in [1.29, 1.82) is 5.26 Å². The van der Waals surface area contributed by atoms with Crippen molar-refractivity contribution < 1.29 is 4.79 Å². The van der Waals surface area contributed by atoms with Crippen molar-refractivity contribution in [2.24, 2.45) is 0 Å². The first-order chi connectivity index (χ1) is 7.29. The molecular formula is C11H11N3O. The van der Waals surface area contributed by atoms with Crippen LogP contribution in [-0.2, 0) is 4.79 Å². The van der Waals surface area contributed by atoms with Crippen LogP contribution >= 0.6 is 0 Å². The first-order valence-corrected chi connectivity index (χ1v) is 4.82. The Morgan fingerprint density at radius 1 is 1.47 bits per heavy atom. The van der Waals surface area contributed by atoms with E-state index in [4.69, 9.17) is 5.26 Å². The van der Waals surface area contributed by atoms with Crippen LogP contribution in [0.15, 0.2) is 24.3 Å². The molecule has 1 fully saturated rings. The van der Waals surface area contributed by atoms with E-state index in [9.17, 15) is 4.79 Å². The van der Waals surface area contributed by atoms with Crippen LogP contribution in [0.3, 0.4) is 0 Å². The van der Waals surface area contributed by atoms with E-state index in [0.29, 0.717) is 18.5 Å². The Kier molecular flexibility index (Phi) is 2.55. The number of benzene rings is 1. The van der Waals surface area contributed by atoms with Gasteiger partial charge in [0.25, 0.3) is 0 Å². The van der Waals surface area contributed by atoms with Gasteiger partial charge in [-0.25, -0.2) is 0 Å². The smallest absolute Gasteiger partial charge is 0.222 e. The normalized spacial score (nSPS) is 19.4. The Morgan fingerprint density at radius 2 is 2.27 bits per heavy atom. The van der Waals surface area contributed by atoms with Gasteiger partial charge in [0, 0.05) is 13.0 Å². The molecule has 1 aromatic rings. The van der Waals surface area contributed by atoms with E-state index >= 15 is 0 Å². The lowest BCUT2D eigenvalue weighted by atomic mass is 10.1. The maximum absolute atomic E-state index is 11.0. The van der Waals surface area contributed by atoms with Crippen LogP contribution in [0.25, 0.3) is 0 Å². The van der Waals surface area contributed by atoms with Gasteiger partial charge in [-0.2, -0.15) is 5.26 Å². The van der Waals surface area contributed by atoms with Crippen LogP contribution in [0.5, 0.6) is 0 Å². The number of nitrogens with zero attached hydrogens (tertiary/aromatic N) is 1. The largest absolute Gasteiger partial charge is 0.379 e. The van der Waals surface area contributed by atoms with Crippen LogP contribution in [0.2, 0.25) is 0 Å². The Morgan fingerprint density at radius 3 is 2.93 bits per heavy atom. The van der Waals surface area contributed by atoms with Gasteiger partial charge in [-0.15, -0.1) is 0 Å². The van der Waals surface area contributed by atoms with Gasteiger partial charge in [-0.05, 0) is 12.1 Å². The van der Waals surface area contributed by atoms with Gasteiger partial charge in [-0.1, -0.05) is 12.1 Å². The van der Waals surface area contributed by atoms with Crippen molar-refractivity contribution in [2.45, 2.75) is 12.5 Å². The number of nitriles is 1. The zero-order chi connectivity index (χ0) is 10.7. The van der Waals surface area contributed by atoms with Gasteiger partial charge in [0.05, 0.1) is 17.3 Å². The number of hydrogen-bond acceptors (Lipinski definition) is 3. The number of carbonyl (C=O) groups is 1. The summed E-state index contributed by atoms with van der Waals surface area (Å²) in [6.45, 7) is 0.624. The quantitative estimate of drug-likeness (QED) is 0.745. The fraction of sp³-hybridized carbons (Fsp3) is 0.273. The second-order valence-electron chi connectivity index (χ2n) is 3.51. The van der Waals surface area contributed by atoms with Crippen molar-refractivity contribution in [3.8, 4) is 6.07 Å². The summed E-state index contributed by atoms with van der Waals surface area (Å²) in [6, 6.07) is 9.50. The molecule has 4 nitrogen and oxygen atoms in total. The molecule has 1 aliphatic heterocycles. The van der Waals surface area contributed by atoms with Crippen molar-refractivity contribution in [3.63, 3.8) is 0 Å². The second-order valence-corrected chi connectivity index (χ2v) is 3.51. The Labute approximate surface area is 87.9 Å². The molecule has 2 rings (SSSR count). The predicted molar refractivity (Wildman–Crippen MR) is 56.2 cm³/mol. The first-order valence-electron chi connectivity index (χ1n) is 4.82. The summed E-state index contributed by atoms with van der Waals surface area (Å²) < 4.78 is 0. The third kappa shape index (κ3) is 2.08. The van der Waals surface area contributed by atoms with E-state index in [2.05, 4.69) is 16.7 Å². The Bertz CT molecular complexity index is 422. The van der Waals surface area contributed by atoms with Crippen LogP contribution in [0, 0.1) is 11.3 Å². The lowest BCUT2D eigenvalue weighted by molar-refractivity contribution is -0.119. The molecule has 1 atom stereocenters. The predicted octanol–water partition coefficient (Wildman–Crippen LogP) is 0.859. The molecule has 15 heavy (non-hydrogen) atoms. The highest BCUT2D eigenvalue weighted by atomic mass is 16.1. The average Bonchev–Trinajstić information content (AvgIpc) is 2.65. The number of nitrogens with one attached hydrogen (secondary N) is 2. The maximum Gasteiger partial charge on any atom is 0.222 e. The molecule has 1 unspecified atom stereocenters. The zero-order valence-electron chi connectivity index (χ0n) is 8.16. The molecule has 1 amide bonds. The number of anilines is 1. The van der Waals surface area contributed by atoms with E-state index in [1.165, 1.54) is 0 Å². The molecule has 0 aromatic heterocycles. The van der Waals surface area contributed by atoms with Crippen molar-refractivity contribution in [3.05, 3.63) is 29.8 Å². The molecule has 1 saturated heterocycles. The van der Waals surface area contributed by atoms with Crippen LogP contribution in [0.4, 0.5) is 5.69 Å². The van der Waals surface area contributed by atoms with Gasteiger partial charge < -0.3 is 10.6 Å². The summed E-state index contributed by atoms with van der Waals surface area (Å²) in [7, 11) is 0. The summed E-state index contributed by atoms with van der Waals surface area (Å²) >= 11 is 0. The minimum atomic E-state index is 0.0574. The molecule has 0 saturated carbocycles. The number of amides is 1. The number of hydrogen-bond donors (Lipinski definition) is 2. The summed E-state index contributed by atoms with van der Waals surface area (Å²) in [5.41, 5.74) is 1.40. The van der Waals surface area contributed by atoms with Gasteiger partial charge in [-0.3, -0.25) is 4.79 Å². The highest BCUT2D eigenvalue weighted by Gasteiger charge is 2.21. The van der Waals surface area contributed by atoms with Crippen LogP contribution < -0.4 is 10.6 Å². The fourth-order valence-electron chi connectivity index (χ4n) is 1.63. The fourth-order valence-corrected chi connectivity index (χ4v) is 1.63. The third-order valence-electron chi connectivity index (χ3n) is 2.38. The van der Waals surface area contributed by atoms with Gasteiger partial charge in [0.15, 0.2) is 0 Å². The molecular weight excluding hydrogens is 190 g/mol. The maximum atomic E-state index is 11.0. The molecule has 1 aromatic carbocycles. The summed E-state index contributed by atoms with van der Waals surface area (Å²) in [6.07, 6.45) is 0.472. The van der Waals surface area contributed by atoms with Gasteiger partial charge in [0.1, 0.15) is 6.07 Å². The second kappa shape index (κ2) is 4.01. The SMILES string of the molecule is N#Cc1ccccc1NC1CNC(=O)C1. The number of rotatable bonds is 2. The van der Waals surface area contributed by atoms with E-state index in [1.807, 2.05) is 18.2 Å². The number of carbonyl (C=O) groups excluding carboxylic acids is 1. The average molecular weight is 201 g/mol. The van der Waals surface area contributed by atoms with E-state index < -0.39 is 0 Å². The monoisotopic (exact) mass is 201 g/mol. The van der Waals surface area contributed by atoms with Crippen molar-refractivity contribution in [2.75, 3.05) is 11.9 Å². The van der Waals surface area contributed by atoms with Crippen LogP contribution in [-0.4, -0.2) is 18.5 Å². The lowest BCUT2D eigenvalue weighted by Crippen LogP contribution is -2.22. The van der Waals surface area contributed by atoms with Gasteiger partial charge in [0.2, 0.25) is 5.91 Å². The zero-order valence-corrected chi connectivity index (χ0v) is 8.16. The Balaban J connectivity index is 2.11. The molecule has 4 heteroatoms. The molecule has 0 radical (unpaired) electrons. The third-order valence-corrected chi connectivity index (χ3v) is 2.38. The summed E-state index contributed by atoms with van der Waals surface area (Å²) in [4.78, 5) is 11.0. The van der Waals surface area contributed by atoms with E-state index in [0.717, 1.165) is 5.69 Å². The van der Waals surface area contributed by atoms with E-state index in [1.54, 1.807) is 6.07 Å². The molecule has 1 aliphatic rings. The van der Waals surface area contributed by atoms with Gasteiger partial charge >= 0.3 is 0 Å². The molecule has 1 heterocycles. The van der Waals surface area contributed by atoms with E-state index in [-0.39, 0.29) is 11.9 Å². The molecule has 0 bridgehead atoms. The summed E-state index contributed by atoms with van der Waals surface area (Å²) in [5, 5.41) is 14.8. The standard InChI is InChI=1S/C11H11N3O/c12-6-8-3-1-2-4-10(8)14-9-5-11(15)13-7-9/h1-4,9,14H,5,7H2,(H,13,15). The van der Waals surface area contributed by atoms with Crippen molar-refractivity contribution >= 4 is 11.6 Å². The molecule has 0 spiro atoms. The lowest BCUT2D eigenvalue weighted by Gasteiger charge is -2.12. The Hall–Kier alpha value is -2.02. The summed E-state index contributed by atoms with van der Waals surface area (Å²) in [5.74, 6) is 0.0574. The molecule has 0 aliphatic carbocycles. The highest BCUT2D eigenvalue weighted by molar-refractivity contribution is 5.79. The highest BCUT2D eigenvalue weighted by Crippen LogP contribution is 2.16. The topological polar surface area (TPSA) is 64.9 Å². The van der Waals surface area contributed by atoms with Crippen LogP contribution in [0.1, 0.15) is 12.0 Å². The molecule has 76 valence electrons. The number of para-hydroxylation sites is 1. The minimum Gasteiger partial charge on any atom is -0.379 e. The minimum absolute atomic E-state index is 0.0574.